The van der Waals surface area contributed by atoms with Crippen LogP contribution in [0.1, 0.15) is 16.8 Å². The lowest BCUT2D eigenvalue weighted by Crippen LogP contribution is -2.44. The van der Waals surface area contributed by atoms with Gasteiger partial charge in [-0.2, -0.15) is 0 Å². The number of hydrogen-bond donors (Lipinski definition) is 3. The molecule has 160 valence electrons. The Kier molecular flexibility index (Phi) is 4.25. The van der Waals surface area contributed by atoms with Crippen molar-refractivity contribution in [1.82, 2.24) is 30.0 Å². The van der Waals surface area contributed by atoms with E-state index < -0.39 is 5.91 Å². The van der Waals surface area contributed by atoms with Gasteiger partial charge in [-0.15, -0.1) is 5.10 Å². The SMILES string of the molecule is NC(=O)c1ccc2c(Nc3cnccn3)nn(-c3ccnc(N4C[C@@H]5C[C@H]4CN5)c3)c2c1. The highest BCUT2D eigenvalue weighted by Crippen LogP contribution is 2.32. The van der Waals surface area contributed by atoms with E-state index in [1.807, 2.05) is 18.2 Å². The van der Waals surface area contributed by atoms with Gasteiger partial charge in [0.15, 0.2) is 5.82 Å². The predicted molar refractivity (Wildman–Crippen MR) is 120 cm³/mol. The van der Waals surface area contributed by atoms with Gasteiger partial charge in [0.05, 0.1) is 17.4 Å². The lowest BCUT2D eigenvalue weighted by Gasteiger charge is -2.28. The largest absolute Gasteiger partial charge is 0.366 e. The number of primary amides is 1. The molecule has 2 atom stereocenters. The van der Waals surface area contributed by atoms with E-state index in [-0.39, 0.29) is 0 Å². The number of benzene rings is 1. The zero-order valence-corrected chi connectivity index (χ0v) is 17.1. The number of rotatable bonds is 5. The fraction of sp³-hybridized carbons (Fsp3) is 0.227. The van der Waals surface area contributed by atoms with Crippen molar-refractivity contribution in [3.05, 3.63) is 60.7 Å². The Bertz CT molecular complexity index is 1320. The maximum absolute atomic E-state index is 11.8. The van der Waals surface area contributed by atoms with Gasteiger partial charge >= 0.3 is 0 Å². The molecule has 4 N–H and O–H groups in total. The summed E-state index contributed by atoms with van der Waals surface area (Å²) in [6, 6.07) is 10.2. The van der Waals surface area contributed by atoms with Crippen molar-refractivity contribution < 1.29 is 4.79 Å². The standard InChI is InChI=1S/C22H21N9O/c23-21(32)13-1-2-17-18(7-13)31(29-22(17)28-19-11-24-5-6-25-19)15-3-4-26-20(9-15)30-12-14-8-16(30)10-27-14/h1-7,9,11,14,16,27H,8,10,12H2,(H2,23,32)(H,25,28,29)/t14-,16-/m0/s1. The van der Waals surface area contributed by atoms with Gasteiger partial charge in [-0.05, 0) is 30.7 Å². The van der Waals surface area contributed by atoms with Crippen LogP contribution < -0.4 is 21.3 Å². The molecule has 1 aromatic carbocycles. The van der Waals surface area contributed by atoms with Crippen LogP contribution >= 0.6 is 0 Å². The van der Waals surface area contributed by atoms with Gasteiger partial charge in [0.1, 0.15) is 11.6 Å². The highest BCUT2D eigenvalue weighted by atomic mass is 16.1. The molecule has 10 nitrogen and oxygen atoms in total. The summed E-state index contributed by atoms with van der Waals surface area (Å²) >= 11 is 0. The molecule has 2 bridgehead atoms. The van der Waals surface area contributed by atoms with Crippen molar-refractivity contribution in [3.8, 4) is 5.69 Å². The quantitative estimate of drug-likeness (QED) is 0.438. The molecule has 0 saturated carbocycles. The zero-order valence-electron chi connectivity index (χ0n) is 17.1. The van der Waals surface area contributed by atoms with E-state index in [0.717, 1.165) is 41.9 Å². The molecule has 2 fully saturated rings. The predicted octanol–water partition coefficient (Wildman–Crippen LogP) is 1.60. The summed E-state index contributed by atoms with van der Waals surface area (Å²) in [5.74, 6) is 1.63. The van der Waals surface area contributed by atoms with Crippen molar-refractivity contribution in [2.75, 3.05) is 23.3 Å². The zero-order chi connectivity index (χ0) is 21.7. The molecular weight excluding hydrogens is 406 g/mol. The first kappa shape index (κ1) is 18.7. The average molecular weight is 427 g/mol. The Labute approximate surface area is 183 Å². The minimum atomic E-state index is -0.487. The van der Waals surface area contributed by atoms with E-state index >= 15 is 0 Å². The lowest BCUT2D eigenvalue weighted by molar-refractivity contribution is 0.100. The van der Waals surface area contributed by atoms with Crippen LogP contribution in [0.25, 0.3) is 16.6 Å². The second kappa shape index (κ2) is 7.27. The average Bonchev–Trinajstić information content (AvgIpc) is 3.54. The third-order valence-electron chi connectivity index (χ3n) is 6.10. The highest BCUT2D eigenvalue weighted by molar-refractivity contribution is 6.00. The molecule has 0 aliphatic carbocycles. The summed E-state index contributed by atoms with van der Waals surface area (Å²) in [5, 5.41) is 12.4. The van der Waals surface area contributed by atoms with Crippen molar-refractivity contribution >= 4 is 34.3 Å². The number of pyridine rings is 1. The highest BCUT2D eigenvalue weighted by Gasteiger charge is 2.38. The summed E-state index contributed by atoms with van der Waals surface area (Å²) < 4.78 is 1.80. The van der Waals surface area contributed by atoms with Gasteiger partial charge in [0.2, 0.25) is 5.91 Å². The monoisotopic (exact) mass is 427 g/mol. The topological polar surface area (TPSA) is 127 Å². The van der Waals surface area contributed by atoms with Crippen LogP contribution in [0, 0.1) is 0 Å². The second-order valence-electron chi connectivity index (χ2n) is 8.09. The Morgan fingerprint density at radius 3 is 2.84 bits per heavy atom. The number of nitrogens with zero attached hydrogens (tertiary/aromatic N) is 6. The molecule has 0 spiro atoms. The van der Waals surface area contributed by atoms with Crippen LogP contribution in [0.3, 0.4) is 0 Å². The van der Waals surface area contributed by atoms with Crippen LogP contribution in [0.4, 0.5) is 17.5 Å². The van der Waals surface area contributed by atoms with E-state index in [2.05, 4.69) is 30.5 Å². The maximum atomic E-state index is 11.8. The minimum absolute atomic E-state index is 0.418. The molecule has 1 amide bonds. The van der Waals surface area contributed by atoms with Gasteiger partial charge in [0, 0.05) is 60.8 Å². The lowest BCUT2D eigenvalue weighted by atomic mass is 10.1. The normalized spacial score (nSPS) is 19.6. The van der Waals surface area contributed by atoms with Crippen LogP contribution in [-0.2, 0) is 0 Å². The van der Waals surface area contributed by atoms with E-state index in [9.17, 15) is 4.79 Å². The Morgan fingerprint density at radius 1 is 1.16 bits per heavy atom. The molecule has 32 heavy (non-hydrogen) atoms. The summed E-state index contributed by atoms with van der Waals surface area (Å²) in [6.07, 6.45) is 7.79. The van der Waals surface area contributed by atoms with Crippen molar-refractivity contribution in [3.63, 3.8) is 0 Å². The fourth-order valence-electron chi connectivity index (χ4n) is 4.58. The minimum Gasteiger partial charge on any atom is -0.366 e. The third-order valence-corrected chi connectivity index (χ3v) is 6.10. The first-order valence-corrected chi connectivity index (χ1v) is 10.5. The van der Waals surface area contributed by atoms with Crippen molar-refractivity contribution in [2.45, 2.75) is 18.5 Å². The molecule has 3 aromatic heterocycles. The number of fused-ring (bicyclic) bond motifs is 3. The second-order valence-corrected chi connectivity index (χ2v) is 8.09. The van der Waals surface area contributed by atoms with E-state index in [4.69, 9.17) is 10.8 Å². The first-order chi connectivity index (χ1) is 15.7. The van der Waals surface area contributed by atoms with Gasteiger partial charge in [0.25, 0.3) is 0 Å². The summed E-state index contributed by atoms with van der Waals surface area (Å²) in [5.41, 5.74) is 7.57. The number of piperazine rings is 1. The molecule has 10 heteroatoms. The smallest absolute Gasteiger partial charge is 0.248 e. The number of nitrogens with two attached hydrogens (primary N) is 1. The molecule has 2 aliphatic heterocycles. The molecule has 0 unspecified atom stereocenters. The number of hydrogen-bond acceptors (Lipinski definition) is 8. The van der Waals surface area contributed by atoms with E-state index in [1.165, 1.54) is 0 Å². The van der Waals surface area contributed by atoms with Gasteiger partial charge in [-0.1, -0.05) is 0 Å². The number of carbonyl (C=O) groups is 1. The molecule has 2 saturated heterocycles. The molecule has 0 radical (unpaired) electrons. The van der Waals surface area contributed by atoms with Crippen molar-refractivity contribution in [1.29, 1.82) is 0 Å². The molecular formula is C22H21N9O. The van der Waals surface area contributed by atoms with Crippen LogP contribution in [0.2, 0.25) is 0 Å². The molecule has 5 heterocycles. The Balaban J connectivity index is 1.46. The number of anilines is 3. The van der Waals surface area contributed by atoms with Gasteiger partial charge in [-0.3, -0.25) is 9.78 Å². The maximum Gasteiger partial charge on any atom is 0.248 e. The van der Waals surface area contributed by atoms with Gasteiger partial charge < -0.3 is 21.3 Å². The summed E-state index contributed by atoms with van der Waals surface area (Å²) in [6.45, 7) is 1.93. The molecule has 6 rings (SSSR count). The number of nitrogens with one attached hydrogen (secondary N) is 2. The molecule has 4 aromatic rings. The Hall–Kier alpha value is -4.05. The number of amides is 1. The third kappa shape index (κ3) is 3.12. The van der Waals surface area contributed by atoms with E-state index in [1.54, 1.807) is 41.6 Å². The Morgan fingerprint density at radius 2 is 2.09 bits per heavy atom. The summed E-state index contributed by atoms with van der Waals surface area (Å²) in [7, 11) is 0. The number of carbonyl (C=O) groups excluding carboxylic acids is 1. The fourth-order valence-corrected chi connectivity index (χ4v) is 4.58. The van der Waals surface area contributed by atoms with Crippen LogP contribution in [-0.4, -0.2) is 55.8 Å². The van der Waals surface area contributed by atoms with E-state index in [0.29, 0.717) is 29.3 Å². The number of aromatic nitrogens is 5. The van der Waals surface area contributed by atoms with Crippen molar-refractivity contribution in [2.24, 2.45) is 5.73 Å². The van der Waals surface area contributed by atoms with Crippen LogP contribution in [0.15, 0.2) is 55.1 Å². The first-order valence-electron chi connectivity index (χ1n) is 10.5. The summed E-state index contributed by atoms with van der Waals surface area (Å²) in [4.78, 5) is 27.2. The van der Waals surface area contributed by atoms with Gasteiger partial charge in [-0.25, -0.2) is 14.6 Å². The molecule has 2 aliphatic rings. The van der Waals surface area contributed by atoms with Crippen LogP contribution in [0.5, 0.6) is 0 Å².